The summed E-state index contributed by atoms with van der Waals surface area (Å²) in [6.45, 7) is 5.60. The number of amides is 2. The van der Waals surface area contributed by atoms with Crippen molar-refractivity contribution in [2.24, 2.45) is 0 Å². The van der Waals surface area contributed by atoms with Crippen LogP contribution in [-0.2, 0) is 20.2 Å². The van der Waals surface area contributed by atoms with Crippen LogP contribution in [0.4, 0.5) is 25.8 Å². The molecule has 212 valence electrons. The van der Waals surface area contributed by atoms with E-state index in [0.29, 0.717) is 16.9 Å². The maximum absolute atomic E-state index is 13.5. The highest BCUT2D eigenvalue weighted by Crippen LogP contribution is 2.25. The number of nitrogens with zero attached hydrogens (tertiary/aromatic N) is 1. The largest absolute Gasteiger partial charge is 0.324 e. The molecular weight excluding hydrogens is 548 g/mol. The lowest BCUT2D eigenvalue weighted by Crippen LogP contribution is -2.38. The highest BCUT2D eigenvalue weighted by atomic mass is 32.2. The molecule has 0 aliphatic carbocycles. The molecule has 2 amide bonds. The van der Waals surface area contributed by atoms with Crippen LogP contribution >= 0.6 is 0 Å². The Kier molecular flexibility index (Phi) is 8.53. The summed E-state index contributed by atoms with van der Waals surface area (Å²) in [5, 5.41) is 5.42. The molecule has 0 aliphatic heterocycles. The third kappa shape index (κ3) is 7.34. The summed E-state index contributed by atoms with van der Waals surface area (Å²) in [5.41, 5.74) is 2.29. The minimum absolute atomic E-state index is 0.0457. The van der Waals surface area contributed by atoms with Gasteiger partial charge in [0.1, 0.15) is 18.2 Å². The first kappa shape index (κ1) is 29.4. The Labute approximate surface area is 237 Å². The van der Waals surface area contributed by atoms with Gasteiger partial charge in [0, 0.05) is 16.9 Å². The Morgan fingerprint density at radius 3 is 1.85 bits per heavy atom. The molecule has 0 saturated carbocycles. The molecule has 0 saturated heterocycles. The molecule has 4 aromatic rings. The lowest BCUT2D eigenvalue weighted by atomic mass is 9.87. The molecule has 0 spiro atoms. The lowest BCUT2D eigenvalue weighted by Gasteiger charge is -2.24. The first-order valence-corrected chi connectivity index (χ1v) is 14.1. The maximum Gasteiger partial charge on any atom is 0.264 e. The summed E-state index contributed by atoms with van der Waals surface area (Å²) < 4.78 is 54.5. The second-order valence-electron chi connectivity index (χ2n) is 10.4. The van der Waals surface area contributed by atoms with E-state index >= 15 is 0 Å². The first-order chi connectivity index (χ1) is 19.3. The predicted molar refractivity (Wildman–Crippen MR) is 155 cm³/mol. The van der Waals surface area contributed by atoms with Gasteiger partial charge in [0.15, 0.2) is 0 Å². The van der Waals surface area contributed by atoms with E-state index in [9.17, 15) is 26.8 Å². The molecule has 0 atom stereocenters. The van der Waals surface area contributed by atoms with E-state index in [1.807, 2.05) is 12.1 Å². The van der Waals surface area contributed by atoms with Crippen molar-refractivity contribution in [3.8, 4) is 0 Å². The van der Waals surface area contributed by atoms with Gasteiger partial charge in [0.05, 0.1) is 10.6 Å². The van der Waals surface area contributed by atoms with Crippen LogP contribution in [0.15, 0.2) is 102 Å². The fraction of sp³-hybridized carbons (Fsp3) is 0.161. The van der Waals surface area contributed by atoms with Gasteiger partial charge in [-0.05, 0) is 89.8 Å². The van der Waals surface area contributed by atoms with Gasteiger partial charge in [0.2, 0.25) is 5.91 Å². The molecular formula is C31H29F2N3O4S. The highest BCUT2D eigenvalue weighted by molar-refractivity contribution is 7.92. The third-order valence-electron chi connectivity index (χ3n) is 6.22. The fourth-order valence-corrected chi connectivity index (χ4v) is 5.41. The molecule has 0 bridgehead atoms. The summed E-state index contributed by atoms with van der Waals surface area (Å²) in [6, 6.07) is 22.5. The molecule has 0 aliphatic rings. The minimum Gasteiger partial charge on any atom is -0.324 e. The van der Waals surface area contributed by atoms with Crippen LogP contribution in [-0.4, -0.2) is 26.8 Å². The fourth-order valence-electron chi connectivity index (χ4n) is 3.99. The van der Waals surface area contributed by atoms with Crippen molar-refractivity contribution in [3.05, 3.63) is 120 Å². The van der Waals surface area contributed by atoms with Crippen LogP contribution in [0.25, 0.3) is 0 Å². The summed E-state index contributed by atoms with van der Waals surface area (Å²) >= 11 is 0. The Bertz CT molecular complexity index is 1650. The zero-order valence-corrected chi connectivity index (χ0v) is 23.5. The monoisotopic (exact) mass is 577 g/mol. The highest BCUT2D eigenvalue weighted by Gasteiger charge is 2.27. The normalized spacial score (nSPS) is 11.5. The summed E-state index contributed by atoms with van der Waals surface area (Å²) in [4.78, 5) is 25.6. The molecule has 0 radical (unpaired) electrons. The predicted octanol–water partition coefficient (Wildman–Crippen LogP) is 6.35. The van der Waals surface area contributed by atoms with E-state index in [1.165, 1.54) is 18.2 Å². The van der Waals surface area contributed by atoms with Crippen molar-refractivity contribution in [2.75, 3.05) is 21.5 Å². The van der Waals surface area contributed by atoms with Crippen molar-refractivity contribution < 1.29 is 26.8 Å². The molecule has 0 heterocycles. The molecule has 4 rings (SSSR count). The standard InChI is InChI=1S/C31H29F2N3O4S/c1-31(2,3)22-9-7-21(8-10-22)30(38)35-26-6-4-5-25(19-26)34-29(37)20-36(27-15-11-23(32)12-16-27)41(39,40)28-17-13-24(33)14-18-28/h4-19H,20H2,1-3H3,(H,34,37)(H,35,38). The zero-order chi connectivity index (χ0) is 29.8. The Balaban J connectivity index is 1.50. The van der Waals surface area contributed by atoms with Crippen molar-refractivity contribution in [2.45, 2.75) is 31.1 Å². The average Bonchev–Trinajstić information content (AvgIpc) is 2.92. The second kappa shape index (κ2) is 11.9. The van der Waals surface area contributed by atoms with Gasteiger partial charge in [-0.3, -0.25) is 13.9 Å². The van der Waals surface area contributed by atoms with E-state index in [-0.39, 0.29) is 21.9 Å². The molecule has 7 nitrogen and oxygen atoms in total. The minimum atomic E-state index is -4.31. The number of sulfonamides is 1. The number of nitrogens with one attached hydrogen (secondary N) is 2. The van der Waals surface area contributed by atoms with E-state index in [1.54, 1.807) is 30.3 Å². The van der Waals surface area contributed by atoms with Crippen LogP contribution < -0.4 is 14.9 Å². The lowest BCUT2D eigenvalue weighted by molar-refractivity contribution is -0.114. The van der Waals surface area contributed by atoms with E-state index in [2.05, 4.69) is 31.4 Å². The van der Waals surface area contributed by atoms with Crippen molar-refractivity contribution in [1.29, 1.82) is 0 Å². The number of halogens is 2. The van der Waals surface area contributed by atoms with Crippen LogP contribution in [0.1, 0.15) is 36.7 Å². The SMILES string of the molecule is CC(C)(C)c1ccc(C(=O)Nc2cccc(NC(=O)CN(c3ccc(F)cc3)S(=O)(=O)c3ccc(F)cc3)c2)cc1. The van der Waals surface area contributed by atoms with E-state index < -0.39 is 34.1 Å². The average molecular weight is 578 g/mol. The number of carbonyl (C=O) groups is 2. The van der Waals surface area contributed by atoms with Gasteiger partial charge in [-0.25, -0.2) is 17.2 Å². The van der Waals surface area contributed by atoms with E-state index in [4.69, 9.17) is 0 Å². The van der Waals surface area contributed by atoms with Gasteiger partial charge in [-0.15, -0.1) is 0 Å². The molecule has 0 fully saturated rings. The van der Waals surface area contributed by atoms with Crippen LogP contribution in [0, 0.1) is 11.6 Å². The zero-order valence-electron chi connectivity index (χ0n) is 22.7. The number of rotatable bonds is 8. The maximum atomic E-state index is 13.5. The Morgan fingerprint density at radius 1 is 0.756 bits per heavy atom. The smallest absolute Gasteiger partial charge is 0.264 e. The van der Waals surface area contributed by atoms with Gasteiger partial charge in [-0.2, -0.15) is 0 Å². The van der Waals surface area contributed by atoms with Crippen LogP contribution in [0.5, 0.6) is 0 Å². The number of benzene rings is 4. The number of hydrogen-bond donors (Lipinski definition) is 2. The third-order valence-corrected chi connectivity index (χ3v) is 8.01. The van der Waals surface area contributed by atoms with Crippen molar-refractivity contribution in [3.63, 3.8) is 0 Å². The van der Waals surface area contributed by atoms with Gasteiger partial charge in [-0.1, -0.05) is 39.0 Å². The number of anilines is 3. The van der Waals surface area contributed by atoms with Crippen molar-refractivity contribution >= 4 is 38.9 Å². The van der Waals surface area contributed by atoms with E-state index in [0.717, 1.165) is 46.3 Å². The molecule has 10 heteroatoms. The van der Waals surface area contributed by atoms with Gasteiger partial charge < -0.3 is 10.6 Å². The molecule has 2 N–H and O–H groups in total. The summed E-state index contributed by atoms with van der Waals surface area (Å²) in [6.07, 6.45) is 0. The first-order valence-electron chi connectivity index (χ1n) is 12.7. The van der Waals surface area contributed by atoms with Crippen LogP contribution in [0.2, 0.25) is 0 Å². The summed E-state index contributed by atoms with van der Waals surface area (Å²) in [5.74, 6) is -2.23. The molecule has 0 unspecified atom stereocenters. The Morgan fingerprint density at radius 2 is 1.29 bits per heavy atom. The number of hydrogen-bond acceptors (Lipinski definition) is 4. The second-order valence-corrected chi connectivity index (χ2v) is 12.2. The quantitative estimate of drug-likeness (QED) is 0.255. The van der Waals surface area contributed by atoms with Gasteiger partial charge >= 0.3 is 0 Å². The molecule has 41 heavy (non-hydrogen) atoms. The van der Waals surface area contributed by atoms with Crippen molar-refractivity contribution in [1.82, 2.24) is 0 Å². The Hall–Kier alpha value is -4.57. The number of carbonyl (C=O) groups excluding carboxylic acids is 2. The molecule has 4 aromatic carbocycles. The topological polar surface area (TPSA) is 95.6 Å². The summed E-state index contributed by atoms with van der Waals surface area (Å²) in [7, 11) is -4.31. The molecule has 0 aromatic heterocycles. The van der Waals surface area contributed by atoms with Crippen LogP contribution in [0.3, 0.4) is 0 Å². The van der Waals surface area contributed by atoms with Gasteiger partial charge in [0.25, 0.3) is 15.9 Å².